The van der Waals surface area contributed by atoms with Crippen LogP contribution in [0.2, 0.25) is 0 Å². The average molecular weight is 294 g/mol. The minimum atomic E-state index is -1.20. The van der Waals surface area contributed by atoms with Gasteiger partial charge in [0.05, 0.1) is 17.8 Å². The van der Waals surface area contributed by atoms with Crippen molar-refractivity contribution in [1.29, 1.82) is 0 Å². The molecule has 3 N–H and O–H groups in total. The number of hydrazine groups is 1. The van der Waals surface area contributed by atoms with Gasteiger partial charge in [0.15, 0.2) is 5.11 Å². The second-order valence-corrected chi connectivity index (χ2v) is 4.87. The molecule has 1 aliphatic heterocycles. The van der Waals surface area contributed by atoms with Gasteiger partial charge in [0.1, 0.15) is 0 Å². The van der Waals surface area contributed by atoms with Gasteiger partial charge in [-0.3, -0.25) is 10.9 Å². The van der Waals surface area contributed by atoms with E-state index >= 15 is 0 Å². The normalized spacial score (nSPS) is 17.5. The molecule has 20 heavy (non-hydrogen) atoms. The molecule has 0 amide bonds. The van der Waals surface area contributed by atoms with Crippen LogP contribution in [0.1, 0.15) is 23.2 Å². The van der Waals surface area contributed by atoms with Crippen molar-refractivity contribution >= 4 is 29.0 Å². The first-order valence-electron chi connectivity index (χ1n) is 6.38. The predicted octanol–water partition coefficient (Wildman–Crippen LogP) is 0.0201. The maximum absolute atomic E-state index is 10.6. The fourth-order valence-corrected chi connectivity index (χ4v) is 2.01. The molecular weight excluding hydrogens is 278 g/mol. The molecule has 0 spiro atoms. The molecule has 1 fully saturated rings. The highest BCUT2D eigenvalue weighted by Gasteiger charge is 2.15. The summed E-state index contributed by atoms with van der Waals surface area (Å²) in [6.07, 6.45) is 2.36. The summed E-state index contributed by atoms with van der Waals surface area (Å²) in [6, 6.07) is 6.17. The van der Waals surface area contributed by atoms with Crippen molar-refractivity contribution in [2.75, 3.05) is 18.6 Å². The van der Waals surface area contributed by atoms with E-state index in [0.717, 1.165) is 19.4 Å². The lowest BCUT2D eigenvalue weighted by atomic mass is 10.2. The number of aromatic carboxylic acids is 1. The van der Waals surface area contributed by atoms with E-state index in [-0.39, 0.29) is 11.7 Å². The van der Waals surface area contributed by atoms with E-state index in [9.17, 15) is 9.90 Å². The number of thiocarbonyl (C=S) groups is 1. The molecular formula is C13H16N3O3S-. The van der Waals surface area contributed by atoms with E-state index in [1.54, 1.807) is 12.1 Å². The van der Waals surface area contributed by atoms with Crippen molar-refractivity contribution in [3.05, 3.63) is 29.8 Å². The molecule has 0 saturated carbocycles. The van der Waals surface area contributed by atoms with Gasteiger partial charge in [-0.1, -0.05) is 12.1 Å². The van der Waals surface area contributed by atoms with Gasteiger partial charge in [0.25, 0.3) is 0 Å². The minimum absolute atomic E-state index is 0.134. The largest absolute Gasteiger partial charge is 0.545 e. The Morgan fingerprint density at radius 1 is 1.40 bits per heavy atom. The lowest BCUT2D eigenvalue weighted by Crippen LogP contribution is -2.41. The maximum atomic E-state index is 10.6. The zero-order chi connectivity index (χ0) is 14.4. The SMILES string of the molecule is O=C([O-])c1ccc(NNC(=S)NC[C@@H]2CCCO2)cc1. The topological polar surface area (TPSA) is 85.5 Å². The zero-order valence-corrected chi connectivity index (χ0v) is 11.7. The maximum Gasteiger partial charge on any atom is 0.185 e. The van der Waals surface area contributed by atoms with Gasteiger partial charge >= 0.3 is 0 Å². The third kappa shape index (κ3) is 4.36. The smallest absolute Gasteiger partial charge is 0.185 e. The number of hydrogen-bond acceptors (Lipinski definition) is 5. The number of ether oxygens (including phenoxy) is 1. The Balaban J connectivity index is 1.70. The second-order valence-electron chi connectivity index (χ2n) is 4.46. The fraction of sp³-hybridized carbons (Fsp3) is 0.385. The minimum Gasteiger partial charge on any atom is -0.545 e. The highest BCUT2D eigenvalue weighted by atomic mass is 32.1. The number of rotatable bonds is 5. The van der Waals surface area contributed by atoms with Crippen LogP contribution in [0.15, 0.2) is 24.3 Å². The number of carboxylic acids is 1. The molecule has 1 heterocycles. The van der Waals surface area contributed by atoms with Crippen LogP contribution in [-0.2, 0) is 4.74 Å². The number of nitrogens with one attached hydrogen (secondary N) is 3. The lowest BCUT2D eigenvalue weighted by Gasteiger charge is -2.15. The average Bonchev–Trinajstić information content (AvgIpc) is 2.96. The molecule has 0 bridgehead atoms. The molecule has 1 saturated heterocycles. The molecule has 1 atom stereocenters. The molecule has 0 unspecified atom stereocenters. The molecule has 1 aliphatic rings. The van der Waals surface area contributed by atoms with E-state index in [2.05, 4.69) is 16.2 Å². The van der Waals surface area contributed by atoms with E-state index < -0.39 is 5.97 Å². The van der Waals surface area contributed by atoms with Crippen LogP contribution in [-0.4, -0.2) is 30.3 Å². The van der Waals surface area contributed by atoms with Gasteiger partial charge < -0.3 is 20.0 Å². The highest BCUT2D eigenvalue weighted by molar-refractivity contribution is 7.80. The number of carbonyl (C=O) groups excluding carboxylic acids is 1. The fourth-order valence-electron chi connectivity index (χ4n) is 1.87. The summed E-state index contributed by atoms with van der Waals surface area (Å²) < 4.78 is 5.47. The predicted molar refractivity (Wildman–Crippen MR) is 77.1 cm³/mol. The number of carboxylic acid groups (broad SMARTS) is 1. The molecule has 6 nitrogen and oxygen atoms in total. The summed E-state index contributed by atoms with van der Waals surface area (Å²) in [6.45, 7) is 1.49. The lowest BCUT2D eigenvalue weighted by molar-refractivity contribution is -0.255. The zero-order valence-electron chi connectivity index (χ0n) is 10.8. The summed E-state index contributed by atoms with van der Waals surface area (Å²) in [7, 11) is 0. The van der Waals surface area contributed by atoms with Crippen molar-refractivity contribution in [2.24, 2.45) is 0 Å². The first kappa shape index (κ1) is 14.5. The second kappa shape index (κ2) is 7.06. The van der Waals surface area contributed by atoms with Crippen molar-refractivity contribution in [2.45, 2.75) is 18.9 Å². The van der Waals surface area contributed by atoms with Gasteiger partial charge in [-0.05, 0) is 42.8 Å². The number of carbonyl (C=O) groups is 1. The molecule has 0 aliphatic carbocycles. The summed E-state index contributed by atoms with van der Waals surface area (Å²) >= 11 is 5.11. The molecule has 108 valence electrons. The Bertz CT molecular complexity index is 472. The first-order chi connectivity index (χ1) is 9.65. The molecule has 1 aromatic carbocycles. The summed E-state index contributed by atoms with van der Waals surface area (Å²) in [4.78, 5) is 10.6. The molecule has 2 rings (SSSR count). The van der Waals surface area contributed by atoms with E-state index in [4.69, 9.17) is 17.0 Å². The third-order valence-corrected chi connectivity index (χ3v) is 3.20. The van der Waals surface area contributed by atoms with Gasteiger partial charge in [0.2, 0.25) is 0 Å². The van der Waals surface area contributed by atoms with Crippen LogP contribution < -0.4 is 21.3 Å². The van der Waals surface area contributed by atoms with E-state index in [1.165, 1.54) is 12.1 Å². The van der Waals surface area contributed by atoms with Crippen LogP contribution in [0, 0.1) is 0 Å². The van der Waals surface area contributed by atoms with Crippen LogP contribution in [0.3, 0.4) is 0 Å². The molecule has 0 aromatic heterocycles. The van der Waals surface area contributed by atoms with Crippen LogP contribution in [0.5, 0.6) is 0 Å². The van der Waals surface area contributed by atoms with Crippen LogP contribution >= 0.6 is 12.2 Å². The molecule has 7 heteroatoms. The molecule has 0 radical (unpaired) electrons. The monoisotopic (exact) mass is 294 g/mol. The summed E-state index contributed by atoms with van der Waals surface area (Å²) in [5, 5.41) is 14.1. The standard InChI is InChI=1S/C13H17N3O3S/c17-12(18)9-3-5-10(6-4-9)15-16-13(20)14-8-11-2-1-7-19-11/h3-6,11,15H,1-2,7-8H2,(H,17,18)(H2,14,16,20)/p-1/t11-/m0/s1. The van der Waals surface area contributed by atoms with Gasteiger partial charge in [-0.2, -0.15) is 0 Å². The Hall–Kier alpha value is -1.86. The Kier molecular flexibility index (Phi) is 5.14. The quantitative estimate of drug-likeness (QED) is 0.521. The number of hydrogen-bond donors (Lipinski definition) is 3. The van der Waals surface area contributed by atoms with Gasteiger partial charge in [-0.25, -0.2) is 0 Å². The van der Waals surface area contributed by atoms with Gasteiger partial charge in [-0.15, -0.1) is 0 Å². The summed E-state index contributed by atoms with van der Waals surface area (Å²) in [5.41, 5.74) is 6.54. The Morgan fingerprint density at radius 2 is 2.15 bits per heavy atom. The van der Waals surface area contributed by atoms with Crippen LogP contribution in [0.25, 0.3) is 0 Å². The van der Waals surface area contributed by atoms with Crippen LogP contribution in [0.4, 0.5) is 5.69 Å². The van der Waals surface area contributed by atoms with Crippen molar-refractivity contribution in [1.82, 2.24) is 10.7 Å². The summed E-state index contributed by atoms with van der Waals surface area (Å²) in [5.74, 6) is -1.20. The third-order valence-electron chi connectivity index (χ3n) is 2.96. The van der Waals surface area contributed by atoms with Crippen molar-refractivity contribution < 1.29 is 14.6 Å². The Morgan fingerprint density at radius 3 is 2.75 bits per heavy atom. The highest BCUT2D eigenvalue weighted by Crippen LogP contribution is 2.10. The van der Waals surface area contributed by atoms with Gasteiger partial charge in [0, 0.05) is 13.2 Å². The Labute approximate surface area is 122 Å². The van der Waals surface area contributed by atoms with E-state index in [1.807, 2.05) is 0 Å². The first-order valence-corrected chi connectivity index (χ1v) is 6.79. The van der Waals surface area contributed by atoms with Crippen molar-refractivity contribution in [3.63, 3.8) is 0 Å². The van der Waals surface area contributed by atoms with Crippen molar-refractivity contribution in [3.8, 4) is 0 Å². The van der Waals surface area contributed by atoms with E-state index in [0.29, 0.717) is 17.3 Å². The molecule has 1 aromatic rings. The number of anilines is 1. The number of benzene rings is 1.